The third-order valence-electron chi connectivity index (χ3n) is 5.79. The third-order valence-corrected chi connectivity index (χ3v) is 5.79. The topological polar surface area (TPSA) is 92.8 Å². The highest BCUT2D eigenvalue weighted by molar-refractivity contribution is 6.04. The molecule has 0 unspecified atom stereocenters. The van der Waals surface area contributed by atoms with Gasteiger partial charge in [0, 0.05) is 11.6 Å². The van der Waals surface area contributed by atoms with Crippen LogP contribution in [0.3, 0.4) is 0 Å². The van der Waals surface area contributed by atoms with Gasteiger partial charge in [-0.25, -0.2) is 4.68 Å². The maximum Gasteiger partial charge on any atom is 0.278 e. The average molecular weight is 450 g/mol. The Balaban J connectivity index is 1.31. The van der Waals surface area contributed by atoms with Gasteiger partial charge in [-0.1, -0.05) is 35.5 Å². The Morgan fingerprint density at radius 3 is 2.68 bits per heavy atom. The first-order valence-corrected chi connectivity index (χ1v) is 11.2. The number of hydrogen-bond acceptors (Lipinski definition) is 5. The minimum atomic E-state index is -0.269. The number of aromatic nitrogens is 3. The van der Waals surface area contributed by atoms with Gasteiger partial charge in [-0.2, -0.15) is 5.26 Å². The second-order valence-corrected chi connectivity index (χ2v) is 8.38. The van der Waals surface area contributed by atoms with Gasteiger partial charge in [-0.05, 0) is 73.4 Å². The van der Waals surface area contributed by atoms with Gasteiger partial charge >= 0.3 is 0 Å². The van der Waals surface area contributed by atoms with E-state index >= 15 is 0 Å². The van der Waals surface area contributed by atoms with E-state index in [1.165, 1.54) is 0 Å². The Bertz CT molecular complexity index is 1380. The van der Waals surface area contributed by atoms with E-state index in [4.69, 9.17) is 10.00 Å². The van der Waals surface area contributed by atoms with Crippen LogP contribution in [-0.4, -0.2) is 20.9 Å². The van der Waals surface area contributed by atoms with E-state index in [1.807, 2.05) is 73.7 Å². The van der Waals surface area contributed by atoms with Gasteiger partial charge in [0.05, 0.1) is 23.0 Å². The molecule has 7 nitrogen and oxygen atoms in total. The van der Waals surface area contributed by atoms with Crippen LogP contribution < -0.4 is 10.1 Å². The number of anilines is 1. The normalized spacial score (nSPS) is 12.7. The maximum atomic E-state index is 13.1. The number of carbonyl (C=O) groups is 1. The predicted molar refractivity (Wildman–Crippen MR) is 128 cm³/mol. The number of carbonyl (C=O) groups excluding carboxylic acids is 1. The van der Waals surface area contributed by atoms with Gasteiger partial charge in [0.25, 0.3) is 5.91 Å². The second-order valence-electron chi connectivity index (χ2n) is 8.38. The van der Waals surface area contributed by atoms with Crippen molar-refractivity contribution in [3.8, 4) is 17.5 Å². The Hall–Kier alpha value is -4.44. The van der Waals surface area contributed by atoms with E-state index in [9.17, 15) is 4.79 Å². The molecule has 0 radical (unpaired) electrons. The number of nitriles is 1. The first kappa shape index (κ1) is 21.4. The molecule has 7 heteroatoms. The number of rotatable bonds is 7. The van der Waals surface area contributed by atoms with Gasteiger partial charge < -0.3 is 10.1 Å². The van der Waals surface area contributed by atoms with Gasteiger partial charge in [0.2, 0.25) is 0 Å². The third kappa shape index (κ3) is 4.52. The zero-order valence-corrected chi connectivity index (χ0v) is 18.7. The summed E-state index contributed by atoms with van der Waals surface area (Å²) in [7, 11) is 0. The molecule has 168 valence electrons. The number of nitrogens with one attached hydrogen (secondary N) is 1. The van der Waals surface area contributed by atoms with E-state index in [0.717, 1.165) is 35.3 Å². The monoisotopic (exact) mass is 449 g/mol. The molecule has 1 amide bonds. The van der Waals surface area contributed by atoms with Crippen molar-refractivity contribution in [1.29, 1.82) is 5.26 Å². The van der Waals surface area contributed by atoms with Crippen LogP contribution in [0.5, 0.6) is 5.75 Å². The highest BCUT2D eigenvalue weighted by atomic mass is 16.5. The fourth-order valence-electron chi connectivity index (χ4n) is 3.88. The molecular formula is C27H23N5O2. The molecule has 5 rings (SSSR count). The standard InChI is InChI=1S/C27H23N5O2/c1-18-14-23(34-17-20-7-5-6-19(15-20)16-28)12-13-24(18)29-27(33)25-26(21-10-11-21)32(31-30-25)22-8-3-2-4-9-22/h2-9,12-15,21H,10-11,17H2,1H3,(H,29,33). The molecular weight excluding hydrogens is 426 g/mol. The summed E-state index contributed by atoms with van der Waals surface area (Å²) in [5.74, 6) is 0.716. The zero-order valence-electron chi connectivity index (χ0n) is 18.7. The molecule has 1 N–H and O–H groups in total. The van der Waals surface area contributed by atoms with Crippen LogP contribution in [0.15, 0.2) is 72.8 Å². The molecule has 0 bridgehead atoms. The summed E-state index contributed by atoms with van der Waals surface area (Å²) in [5.41, 5.74) is 5.21. The molecule has 34 heavy (non-hydrogen) atoms. The predicted octanol–water partition coefficient (Wildman–Crippen LogP) is 5.16. The van der Waals surface area contributed by atoms with Crippen molar-refractivity contribution in [2.75, 3.05) is 5.32 Å². The van der Waals surface area contributed by atoms with Gasteiger partial charge in [-0.3, -0.25) is 4.79 Å². The largest absolute Gasteiger partial charge is 0.489 e. The summed E-state index contributed by atoms with van der Waals surface area (Å²) >= 11 is 0. The minimum Gasteiger partial charge on any atom is -0.489 e. The van der Waals surface area contributed by atoms with Crippen LogP contribution in [0, 0.1) is 18.3 Å². The van der Waals surface area contributed by atoms with E-state index in [-0.39, 0.29) is 5.91 Å². The molecule has 1 aliphatic carbocycles. The molecule has 4 aromatic rings. The van der Waals surface area contributed by atoms with Crippen molar-refractivity contribution in [2.45, 2.75) is 32.3 Å². The second kappa shape index (κ2) is 9.20. The van der Waals surface area contributed by atoms with E-state index in [1.54, 1.807) is 10.7 Å². The van der Waals surface area contributed by atoms with Gasteiger partial charge in [-0.15, -0.1) is 5.10 Å². The maximum absolute atomic E-state index is 13.1. The lowest BCUT2D eigenvalue weighted by atomic mass is 10.1. The summed E-state index contributed by atoms with van der Waals surface area (Å²) < 4.78 is 7.66. The molecule has 1 aliphatic rings. The van der Waals surface area contributed by atoms with Gasteiger partial charge in [0.1, 0.15) is 12.4 Å². The van der Waals surface area contributed by atoms with Crippen LogP contribution in [0.25, 0.3) is 5.69 Å². The Morgan fingerprint density at radius 1 is 1.12 bits per heavy atom. The Morgan fingerprint density at radius 2 is 1.94 bits per heavy atom. The number of amides is 1. The first-order chi connectivity index (χ1) is 16.6. The molecule has 1 saturated carbocycles. The summed E-state index contributed by atoms with van der Waals surface area (Å²) in [6.45, 7) is 2.27. The molecule has 1 aromatic heterocycles. The van der Waals surface area contributed by atoms with E-state index < -0.39 is 0 Å². The number of hydrogen-bond donors (Lipinski definition) is 1. The quantitative estimate of drug-likeness (QED) is 0.421. The average Bonchev–Trinajstić information content (AvgIpc) is 3.62. The van der Waals surface area contributed by atoms with Gasteiger partial charge in [0.15, 0.2) is 5.69 Å². The number of nitrogens with zero attached hydrogens (tertiary/aromatic N) is 4. The number of aryl methyl sites for hydroxylation is 1. The lowest BCUT2D eigenvalue weighted by Crippen LogP contribution is -2.16. The number of para-hydroxylation sites is 1. The van der Waals surface area contributed by atoms with Crippen molar-refractivity contribution >= 4 is 11.6 Å². The molecule has 0 aliphatic heterocycles. The molecule has 1 heterocycles. The summed E-state index contributed by atoms with van der Waals surface area (Å²) in [4.78, 5) is 13.1. The SMILES string of the molecule is Cc1cc(OCc2cccc(C#N)c2)ccc1NC(=O)c1nnn(-c2ccccc2)c1C1CC1. The smallest absolute Gasteiger partial charge is 0.278 e. The van der Waals surface area contributed by atoms with Crippen molar-refractivity contribution in [3.05, 3.63) is 101 Å². The van der Waals surface area contributed by atoms with Crippen molar-refractivity contribution in [1.82, 2.24) is 15.0 Å². The summed E-state index contributed by atoms with van der Waals surface area (Å²) in [6, 6.07) is 24.7. The van der Waals surface area contributed by atoms with Crippen LogP contribution >= 0.6 is 0 Å². The highest BCUT2D eigenvalue weighted by Crippen LogP contribution is 2.42. The van der Waals surface area contributed by atoms with Crippen LogP contribution in [0.2, 0.25) is 0 Å². The zero-order chi connectivity index (χ0) is 23.5. The molecule has 3 aromatic carbocycles. The Kier molecular flexibility index (Phi) is 5.79. The molecule has 0 atom stereocenters. The lowest BCUT2D eigenvalue weighted by Gasteiger charge is -2.12. The minimum absolute atomic E-state index is 0.269. The summed E-state index contributed by atoms with van der Waals surface area (Å²) in [5, 5.41) is 20.5. The number of ether oxygens (including phenoxy) is 1. The molecule has 1 fully saturated rings. The number of benzene rings is 3. The molecule has 0 saturated heterocycles. The molecule has 0 spiro atoms. The fraction of sp³-hybridized carbons (Fsp3) is 0.185. The van der Waals surface area contributed by atoms with Crippen molar-refractivity contribution in [3.63, 3.8) is 0 Å². The van der Waals surface area contributed by atoms with E-state index in [0.29, 0.717) is 35.2 Å². The highest BCUT2D eigenvalue weighted by Gasteiger charge is 2.34. The van der Waals surface area contributed by atoms with Crippen LogP contribution in [0.1, 0.15) is 51.6 Å². The van der Waals surface area contributed by atoms with Crippen molar-refractivity contribution < 1.29 is 9.53 Å². The first-order valence-electron chi connectivity index (χ1n) is 11.2. The van der Waals surface area contributed by atoms with Crippen molar-refractivity contribution in [2.24, 2.45) is 0 Å². The van der Waals surface area contributed by atoms with Crippen LogP contribution in [-0.2, 0) is 6.61 Å². The van der Waals surface area contributed by atoms with E-state index in [2.05, 4.69) is 21.7 Å². The Labute approximate surface area is 197 Å². The fourth-order valence-corrected chi connectivity index (χ4v) is 3.88. The summed E-state index contributed by atoms with van der Waals surface area (Å²) in [6.07, 6.45) is 2.06. The lowest BCUT2D eigenvalue weighted by molar-refractivity contribution is 0.102. The van der Waals surface area contributed by atoms with Crippen LogP contribution in [0.4, 0.5) is 5.69 Å².